The number of anilines is 1. The molecule has 1 saturated heterocycles. The summed E-state index contributed by atoms with van der Waals surface area (Å²) in [5, 5.41) is 5.38. The van der Waals surface area contributed by atoms with Gasteiger partial charge in [-0.1, -0.05) is 60.1 Å². The van der Waals surface area contributed by atoms with Gasteiger partial charge in [-0.2, -0.15) is 0 Å². The predicted molar refractivity (Wildman–Crippen MR) is 154 cm³/mol. The fourth-order valence-corrected chi connectivity index (χ4v) is 5.16. The molecule has 1 heterocycles. The highest BCUT2D eigenvalue weighted by atomic mass is 127. The van der Waals surface area contributed by atoms with Crippen LogP contribution in [0.2, 0.25) is 5.02 Å². The number of urea groups is 1. The van der Waals surface area contributed by atoms with Crippen molar-refractivity contribution < 1.29 is 19.1 Å². The summed E-state index contributed by atoms with van der Waals surface area (Å²) in [6, 6.07) is 24.1. The van der Waals surface area contributed by atoms with E-state index in [0.29, 0.717) is 41.0 Å². The van der Waals surface area contributed by atoms with Gasteiger partial charge in [-0.05, 0) is 87.8 Å². The number of fused-ring (bicyclic) bond motifs is 1. The van der Waals surface area contributed by atoms with E-state index in [4.69, 9.17) is 21.1 Å². The Morgan fingerprint density at radius 3 is 2.57 bits per heavy atom. The van der Waals surface area contributed by atoms with Gasteiger partial charge in [0.25, 0.3) is 5.91 Å². The second kappa shape index (κ2) is 10.8. The van der Waals surface area contributed by atoms with E-state index in [1.807, 2.05) is 37.3 Å². The summed E-state index contributed by atoms with van der Waals surface area (Å²) in [4.78, 5) is 26.7. The molecule has 1 N–H and O–H groups in total. The lowest BCUT2D eigenvalue weighted by Gasteiger charge is -2.16. The number of amides is 3. The number of nitrogens with one attached hydrogen (secondary N) is 1. The van der Waals surface area contributed by atoms with Crippen LogP contribution in [0.5, 0.6) is 11.5 Å². The van der Waals surface area contributed by atoms with Crippen LogP contribution in [0.3, 0.4) is 0 Å². The first-order valence-electron chi connectivity index (χ1n) is 11.6. The van der Waals surface area contributed by atoms with Crippen LogP contribution in [0.4, 0.5) is 10.5 Å². The van der Waals surface area contributed by atoms with E-state index in [1.165, 1.54) is 0 Å². The molecule has 1 fully saturated rings. The van der Waals surface area contributed by atoms with Crippen molar-refractivity contribution >= 4 is 68.7 Å². The van der Waals surface area contributed by atoms with Gasteiger partial charge in [0.2, 0.25) is 0 Å². The highest BCUT2D eigenvalue weighted by Crippen LogP contribution is 2.36. The van der Waals surface area contributed by atoms with Gasteiger partial charge < -0.3 is 14.8 Å². The molecular formula is C29H22ClIN2O4. The molecule has 0 aliphatic carbocycles. The first kappa shape index (κ1) is 25.1. The fourth-order valence-electron chi connectivity index (χ4n) is 4.19. The molecular weight excluding hydrogens is 603 g/mol. The molecule has 0 bridgehead atoms. The van der Waals surface area contributed by atoms with Crippen LogP contribution in [-0.2, 0) is 11.4 Å². The number of rotatable bonds is 7. The zero-order valence-electron chi connectivity index (χ0n) is 19.8. The number of hydrogen-bond donors (Lipinski definition) is 1. The topological polar surface area (TPSA) is 67.9 Å². The molecule has 4 aromatic rings. The largest absolute Gasteiger partial charge is 0.490 e. The molecule has 5 rings (SSSR count). The van der Waals surface area contributed by atoms with Crippen molar-refractivity contribution in [3.63, 3.8) is 0 Å². The molecule has 0 saturated carbocycles. The number of benzene rings is 4. The molecule has 8 heteroatoms. The summed E-state index contributed by atoms with van der Waals surface area (Å²) in [6.45, 7) is 2.72. The maximum atomic E-state index is 13.0. The molecule has 3 amide bonds. The number of halogens is 2. The second-order valence-corrected chi connectivity index (χ2v) is 9.90. The van der Waals surface area contributed by atoms with Crippen LogP contribution in [0.15, 0.2) is 84.6 Å². The van der Waals surface area contributed by atoms with E-state index in [9.17, 15) is 9.59 Å². The molecule has 0 spiro atoms. The number of carbonyl (C=O) groups is 2. The van der Waals surface area contributed by atoms with Crippen LogP contribution in [0.25, 0.3) is 16.8 Å². The summed E-state index contributed by atoms with van der Waals surface area (Å²) >= 11 is 8.24. The average molecular weight is 625 g/mol. The van der Waals surface area contributed by atoms with Gasteiger partial charge in [0, 0.05) is 5.02 Å². The Morgan fingerprint density at radius 2 is 1.76 bits per heavy atom. The normalized spacial score (nSPS) is 14.4. The van der Waals surface area contributed by atoms with Gasteiger partial charge in [0.05, 0.1) is 15.9 Å². The lowest BCUT2D eigenvalue weighted by molar-refractivity contribution is -0.113. The van der Waals surface area contributed by atoms with Crippen molar-refractivity contribution in [1.82, 2.24) is 5.32 Å². The number of hydrogen-bond acceptors (Lipinski definition) is 4. The minimum absolute atomic E-state index is 0.160. The summed E-state index contributed by atoms with van der Waals surface area (Å²) in [5.41, 5.74) is 2.33. The zero-order valence-corrected chi connectivity index (χ0v) is 22.7. The Kier molecular flexibility index (Phi) is 7.34. The molecule has 4 aromatic carbocycles. The standard InChI is InChI=1S/C29H22ClIN2O4/c1-2-36-26-15-18(14-25-28(34)33(29(35)32-25)22-11-6-10-21(30)16-22)13-24(31)27(26)37-17-20-9-5-8-19-7-3-4-12-23(19)20/h3-16H,2,17H2,1H3,(H,32,35)/b25-14+. The average Bonchev–Trinajstić information content (AvgIpc) is 3.16. The number of imide groups is 1. The smallest absolute Gasteiger partial charge is 0.333 e. The SMILES string of the molecule is CCOc1cc(/C=C2/NC(=O)N(c3cccc(Cl)c3)C2=O)cc(I)c1OCc1cccc2ccccc12. The minimum atomic E-state index is -0.534. The maximum absolute atomic E-state index is 13.0. The number of carbonyl (C=O) groups excluding carboxylic acids is 2. The third kappa shape index (κ3) is 5.28. The molecule has 1 aliphatic rings. The molecule has 0 aromatic heterocycles. The zero-order chi connectivity index (χ0) is 25.9. The Bertz CT molecular complexity index is 1550. The quantitative estimate of drug-likeness (QED) is 0.135. The highest BCUT2D eigenvalue weighted by Gasteiger charge is 2.35. The predicted octanol–water partition coefficient (Wildman–Crippen LogP) is 7.17. The molecule has 37 heavy (non-hydrogen) atoms. The molecule has 6 nitrogen and oxygen atoms in total. The van der Waals surface area contributed by atoms with Crippen molar-refractivity contribution in [3.05, 3.63) is 104 Å². The summed E-state index contributed by atoms with van der Waals surface area (Å²) in [6.07, 6.45) is 1.63. The van der Waals surface area contributed by atoms with Crippen LogP contribution < -0.4 is 19.7 Å². The lowest BCUT2D eigenvalue weighted by Crippen LogP contribution is -2.30. The van der Waals surface area contributed by atoms with Crippen LogP contribution in [-0.4, -0.2) is 18.5 Å². The van der Waals surface area contributed by atoms with Gasteiger partial charge in [0.1, 0.15) is 12.3 Å². The molecule has 1 aliphatic heterocycles. The van der Waals surface area contributed by atoms with Crippen molar-refractivity contribution in [1.29, 1.82) is 0 Å². The van der Waals surface area contributed by atoms with Crippen LogP contribution in [0, 0.1) is 3.57 Å². The van der Waals surface area contributed by atoms with Gasteiger partial charge in [-0.3, -0.25) is 4.79 Å². The van der Waals surface area contributed by atoms with Gasteiger partial charge >= 0.3 is 6.03 Å². The van der Waals surface area contributed by atoms with E-state index in [-0.39, 0.29) is 5.70 Å². The van der Waals surface area contributed by atoms with E-state index in [1.54, 1.807) is 36.4 Å². The summed E-state index contributed by atoms with van der Waals surface area (Å²) in [5.74, 6) is 0.723. The fraction of sp³-hybridized carbons (Fsp3) is 0.103. The highest BCUT2D eigenvalue weighted by molar-refractivity contribution is 14.1. The van der Waals surface area contributed by atoms with E-state index in [2.05, 4.69) is 46.1 Å². The molecule has 186 valence electrons. The first-order chi connectivity index (χ1) is 17.9. The Balaban J connectivity index is 1.42. The maximum Gasteiger partial charge on any atom is 0.333 e. The monoisotopic (exact) mass is 624 g/mol. The van der Waals surface area contributed by atoms with Crippen LogP contribution >= 0.6 is 34.2 Å². The van der Waals surface area contributed by atoms with Crippen molar-refractivity contribution in [2.75, 3.05) is 11.5 Å². The molecule has 0 unspecified atom stereocenters. The van der Waals surface area contributed by atoms with Gasteiger partial charge in [0.15, 0.2) is 11.5 Å². The van der Waals surface area contributed by atoms with Gasteiger partial charge in [-0.15, -0.1) is 0 Å². The number of nitrogens with zero attached hydrogens (tertiary/aromatic N) is 1. The van der Waals surface area contributed by atoms with Crippen molar-refractivity contribution in [2.45, 2.75) is 13.5 Å². The lowest BCUT2D eigenvalue weighted by atomic mass is 10.1. The van der Waals surface area contributed by atoms with Crippen molar-refractivity contribution in [3.8, 4) is 11.5 Å². The van der Waals surface area contributed by atoms with Crippen molar-refractivity contribution in [2.24, 2.45) is 0 Å². The van der Waals surface area contributed by atoms with Gasteiger partial charge in [-0.25, -0.2) is 9.69 Å². The first-order valence-corrected chi connectivity index (χ1v) is 13.1. The number of ether oxygens (including phenoxy) is 2. The van der Waals surface area contributed by atoms with E-state index in [0.717, 1.165) is 24.8 Å². The Labute approximate surface area is 233 Å². The minimum Gasteiger partial charge on any atom is -0.490 e. The summed E-state index contributed by atoms with van der Waals surface area (Å²) in [7, 11) is 0. The Hall–Kier alpha value is -3.56. The van der Waals surface area contributed by atoms with E-state index >= 15 is 0 Å². The molecule has 0 radical (unpaired) electrons. The third-order valence-electron chi connectivity index (χ3n) is 5.84. The molecule has 0 atom stereocenters. The second-order valence-electron chi connectivity index (χ2n) is 8.30. The Morgan fingerprint density at radius 1 is 0.973 bits per heavy atom. The third-order valence-corrected chi connectivity index (χ3v) is 6.88. The van der Waals surface area contributed by atoms with E-state index < -0.39 is 11.9 Å². The summed E-state index contributed by atoms with van der Waals surface area (Å²) < 4.78 is 13.0. The van der Waals surface area contributed by atoms with Crippen LogP contribution in [0.1, 0.15) is 18.1 Å².